The minimum Gasteiger partial charge on any atom is -0.494 e. The average Bonchev–Trinajstić information content (AvgIpc) is 3.15. The third kappa shape index (κ3) is 5.45. The smallest absolute Gasteiger partial charge is 0.416 e. The SMILES string of the molecule is N#CC1=C(c2ccc(Cl)s2)CC(c2ccc(OCCCC(F)(F)F)cc2)(C(F)(F)F)NC1=O. The van der Waals surface area contributed by atoms with E-state index in [1.807, 2.05) is 5.32 Å². The lowest BCUT2D eigenvalue weighted by Crippen LogP contribution is -2.58. The van der Waals surface area contributed by atoms with E-state index in [1.54, 1.807) is 6.07 Å². The van der Waals surface area contributed by atoms with Gasteiger partial charge in [0.25, 0.3) is 5.91 Å². The first-order valence-corrected chi connectivity index (χ1v) is 10.6. The van der Waals surface area contributed by atoms with Crippen molar-refractivity contribution in [3.63, 3.8) is 0 Å². The number of carbonyl (C=O) groups is 1. The van der Waals surface area contributed by atoms with Gasteiger partial charge in [0.1, 0.15) is 17.4 Å². The van der Waals surface area contributed by atoms with E-state index in [0.29, 0.717) is 0 Å². The van der Waals surface area contributed by atoms with Crippen LogP contribution in [0.25, 0.3) is 5.57 Å². The van der Waals surface area contributed by atoms with Crippen LogP contribution in [0.4, 0.5) is 26.3 Å². The third-order valence-electron chi connectivity index (χ3n) is 4.98. The van der Waals surface area contributed by atoms with E-state index in [4.69, 9.17) is 16.3 Å². The van der Waals surface area contributed by atoms with Gasteiger partial charge in [-0.25, -0.2) is 0 Å². The number of ether oxygens (including phenoxy) is 1. The first-order valence-electron chi connectivity index (χ1n) is 9.44. The number of hydrogen-bond donors (Lipinski definition) is 1. The highest BCUT2D eigenvalue weighted by molar-refractivity contribution is 7.17. The third-order valence-corrected chi connectivity index (χ3v) is 6.28. The molecule has 0 bridgehead atoms. The Morgan fingerprint density at radius 3 is 2.30 bits per heavy atom. The molecule has 1 aliphatic heterocycles. The van der Waals surface area contributed by atoms with Gasteiger partial charge in [-0.3, -0.25) is 4.79 Å². The van der Waals surface area contributed by atoms with Crippen LogP contribution >= 0.6 is 22.9 Å². The lowest BCUT2D eigenvalue weighted by molar-refractivity contribution is -0.201. The standard InChI is InChI=1S/C21H15ClF6N2O2S/c22-17-7-6-16(33-17)14-10-19(21(26,27)28,30-18(31)15(14)11-29)12-2-4-13(5-3-12)32-9-1-8-20(23,24)25/h2-7H,1,8-10H2,(H,30,31). The molecule has 4 nitrogen and oxygen atoms in total. The molecule has 1 unspecified atom stereocenters. The topological polar surface area (TPSA) is 62.1 Å². The fraction of sp³-hybridized carbons (Fsp3) is 0.333. The summed E-state index contributed by atoms with van der Waals surface area (Å²) in [6.07, 6.45) is -11.4. The van der Waals surface area contributed by atoms with E-state index in [2.05, 4.69) is 0 Å². The number of halogens is 7. The highest BCUT2D eigenvalue weighted by atomic mass is 35.5. The first kappa shape index (κ1) is 24.9. The summed E-state index contributed by atoms with van der Waals surface area (Å²) in [6.45, 7) is -0.266. The molecule has 0 fully saturated rings. The molecule has 0 saturated heterocycles. The Bertz CT molecular complexity index is 1100. The summed E-state index contributed by atoms with van der Waals surface area (Å²) in [4.78, 5) is 12.8. The number of rotatable bonds is 6. The minimum absolute atomic E-state index is 0.0806. The number of alkyl halides is 6. The second kappa shape index (κ2) is 9.27. The van der Waals surface area contributed by atoms with Crippen LogP contribution in [0.15, 0.2) is 42.0 Å². The summed E-state index contributed by atoms with van der Waals surface area (Å²) in [7, 11) is 0. The van der Waals surface area contributed by atoms with Gasteiger partial charge in [-0.1, -0.05) is 23.7 Å². The summed E-state index contributed by atoms with van der Waals surface area (Å²) in [5.74, 6) is -1.09. The highest BCUT2D eigenvalue weighted by Gasteiger charge is 2.59. The molecular weight excluding hydrogens is 494 g/mol. The van der Waals surface area contributed by atoms with Crippen LogP contribution in [-0.4, -0.2) is 24.9 Å². The Morgan fingerprint density at radius 1 is 1.12 bits per heavy atom. The van der Waals surface area contributed by atoms with Crippen molar-refractivity contribution in [2.45, 2.75) is 37.2 Å². The van der Waals surface area contributed by atoms with E-state index in [-0.39, 0.29) is 39.1 Å². The number of carbonyl (C=O) groups excluding carboxylic acids is 1. The Balaban J connectivity index is 1.92. The molecule has 0 spiro atoms. The van der Waals surface area contributed by atoms with E-state index >= 15 is 0 Å². The number of amides is 1. The molecule has 2 aromatic rings. The molecule has 1 atom stereocenters. The summed E-state index contributed by atoms with van der Waals surface area (Å²) in [6, 6.07) is 9.11. The van der Waals surface area contributed by atoms with Gasteiger partial charge in [0.15, 0.2) is 5.54 Å². The van der Waals surface area contributed by atoms with Crippen molar-refractivity contribution in [2.75, 3.05) is 6.61 Å². The van der Waals surface area contributed by atoms with Gasteiger partial charge < -0.3 is 10.1 Å². The van der Waals surface area contributed by atoms with Crippen molar-refractivity contribution in [3.05, 3.63) is 56.7 Å². The number of nitrogens with one attached hydrogen (secondary N) is 1. The van der Waals surface area contributed by atoms with Crippen molar-refractivity contribution < 1.29 is 35.9 Å². The fourth-order valence-electron chi connectivity index (χ4n) is 3.40. The largest absolute Gasteiger partial charge is 0.494 e. The van der Waals surface area contributed by atoms with Gasteiger partial charge in [0, 0.05) is 17.7 Å². The van der Waals surface area contributed by atoms with Crippen LogP contribution in [0.3, 0.4) is 0 Å². The van der Waals surface area contributed by atoms with E-state index in [1.165, 1.54) is 24.3 Å². The Morgan fingerprint density at radius 2 is 1.79 bits per heavy atom. The predicted molar refractivity (Wildman–Crippen MR) is 110 cm³/mol. The number of nitrogens with zero attached hydrogens (tertiary/aromatic N) is 1. The molecule has 1 amide bonds. The van der Waals surface area contributed by atoms with Gasteiger partial charge in [-0.15, -0.1) is 11.3 Å². The van der Waals surface area contributed by atoms with Crippen LogP contribution in [0.2, 0.25) is 4.34 Å². The maximum absolute atomic E-state index is 14.4. The summed E-state index contributed by atoms with van der Waals surface area (Å²) in [5, 5.41) is 11.3. The number of hydrogen-bond acceptors (Lipinski definition) is 4. The van der Waals surface area contributed by atoms with Crippen LogP contribution in [0.1, 0.15) is 29.7 Å². The Labute approximate surface area is 193 Å². The summed E-state index contributed by atoms with van der Waals surface area (Å²) in [5.41, 5.74) is -3.66. The quantitative estimate of drug-likeness (QED) is 0.364. The molecule has 0 aliphatic carbocycles. The predicted octanol–water partition coefficient (Wildman–Crippen LogP) is 6.38. The molecule has 1 aromatic carbocycles. The molecule has 2 heterocycles. The Kier molecular flexibility index (Phi) is 7.00. The molecule has 3 rings (SSSR count). The van der Waals surface area contributed by atoms with Gasteiger partial charge in [-0.05, 0) is 41.8 Å². The van der Waals surface area contributed by atoms with Crippen LogP contribution in [-0.2, 0) is 10.3 Å². The summed E-state index contributed by atoms with van der Waals surface area (Å²) >= 11 is 6.84. The molecular formula is C21H15ClF6N2O2S. The van der Waals surface area contributed by atoms with Crippen molar-refractivity contribution in [2.24, 2.45) is 0 Å². The zero-order chi connectivity index (χ0) is 24.4. The molecule has 33 heavy (non-hydrogen) atoms. The maximum Gasteiger partial charge on any atom is 0.416 e. The second-order valence-corrected chi connectivity index (χ2v) is 8.91. The van der Waals surface area contributed by atoms with Gasteiger partial charge in [0.2, 0.25) is 0 Å². The number of nitriles is 1. The normalized spacial score (nSPS) is 19.3. The molecule has 1 aliphatic rings. The minimum atomic E-state index is -4.94. The molecule has 1 aromatic heterocycles. The van der Waals surface area contributed by atoms with Gasteiger partial charge in [-0.2, -0.15) is 31.6 Å². The number of benzene rings is 1. The van der Waals surface area contributed by atoms with E-state index in [9.17, 15) is 36.4 Å². The lowest BCUT2D eigenvalue weighted by atomic mass is 9.78. The van der Waals surface area contributed by atoms with Crippen molar-refractivity contribution in [3.8, 4) is 11.8 Å². The first-order chi connectivity index (χ1) is 15.4. The van der Waals surface area contributed by atoms with Crippen molar-refractivity contribution in [1.82, 2.24) is 5.32 Å². The van der Waals surface area contributed by atoms with Gasteiger partial charge in [0.05, 0.1) is 10.9 Å². The molecule has 176 valence electrons. The zero-order valence-corrected chi connectivity index (χ0v) is 18.2. The fourth-order valence-corrected chi connectivity index (χ4v) is 4.50. The van der Waals surface area contributed by atoms with Crippen molar-refractivity contribution >= 4 is 34.4 Å². The molecule has 12 heteroatoms. The van der Waals surface area contributed by atoms with Crippen molar-refractivity contribution in [1.29, 1.82) is 5.26 Å². The van der Waals surface area contributed by atoms with Crippen LogP contribution in [0, 0.1) is 11.3 Å². The zero-order valence-electron chi connectivity index (χ0n) is 16.6. The van der Waals surface area contributed by atoms with E-state index in [0.717, 1.165) is 23.5 Å². The highest BCUT2D eigenvalue weighted by Crippen LogP contribution is 2.49. The number of thiophene rings is 1. The van der Waals surface area contributed by atoms with Gasteiger partial charge >= 0.3 is 12.4 Å². The van der Waals surface area contributed by atoms with Crippen LogP contribution in [0.5, 0.6) is 5.75 Å². The average molecular weight is 509 g/mol. The maximum atomic E-state index is 14.4. The molecule has 1 N–H and O–H groups in total. The Hall–Kier alpha value is -2.71. The molecule has 0 saturated carbocycles. The van der Waals surface area contributed by atoms with E-state index < -0.39 is 42.2 Å². The van der Waals surface area contributed by atoms with Crippen LogP contribution < -0.4 is 10.1 Å². The second-order valence-electron chi connectivity index (χ2n) is 7.19. The lowest BCUT2D eigenvalue weighted by Gasteiger charge is -2.40. The monoisotopic (exact) mass is 508 g/mol. The molecule has 0 radical (unpaired) electrons. The summed E-state index contributed by atoms with van der Waals surface area (Å²) < 4.78 is 85.2.